The number of hydrogen-bond acceptors (Lipinski definition) is 4. The van der Waals surface area contributed by atoms with Crippen LogP contribution in [0.1, 0.15) is 6.92 Å². The van der Waals surface area contributed by atoms with Gasteiger partial charge in [0.2, 0.25) is 0 Å². The van der Waals surface area contributed by atoms with Crippen LogP contribution in [0, 0.1) is 0 Å². The number of ether oxygens (including phenoxy) is 1. The number of hydrogen-bond donors (Lipinski definition) is 1. The molecule has 7 heteroatoms. The highest BCUT2D eigenvalue weighted by Gasteiger charge is 2.19. The Morgan fingerprint density at radius 3 is 2.75 bits per heavy atom. The van der Waals surface area contributed by atoms with Gasteiger partial charge in [-0.05, 0) is 31.2 Å². The van der Waals surface area contributed by atoms with E-state index in [1.54, 1.807) is 42.3 Å². The van der Waals surface area contributed by atoms with Gasteiger partial charge in [-0.3, -0.25) is 9.78 Å². The lowest BCUT2D eigenvalue weighted by atomic mass is 10.3. The molecule has 3 aromatic rings. The average molecular weight is 343 g/mol. The molecule has 122 valence electrons. The molecule has 0 unspecified atom stereocenters. The first-order chi connectivity index (χ1) is 11.6. The van der Waals surface area contributed by atoms with Crippen LogP contribution in [0.4, 0.5) is 5.69 Å². The maximum atomic E-state index is 12.2. The summed E-state index contributed by atoms with van der Waals surface area (Å²) in [5.74, 6) is -0.109. The number of para-hydroxylation sites is 1. The molecule has 0 aliphatic heterocycles. The number of carbonyl (C=O) groups is 1. The molecule has 0 aliphatic carbocycles. The van der Waals surface area contributed by atoms with Gasteiger partial charge in [0.15, 0.2) is 6.10 Å². The Labute approximate surface area is 144 Å². The summed E-state index contributed by atoms with van der Waals surface area (Å²) in [5, 5.41) is 7.33. The van der Waals surface area contributed by atoms with Crippen LogP contribution in [0.15, 0.2) is 61.1 Å². The maximum absolute atomic E-state index is 12.2. The third kappa shape index (κ3) is 3.72. The summed E-state index contributed by atoms with van der Waals surface area (Å²) in [7, 11) is 0. The summed E-state index contributed by atoms with van der Waals surface area (Å²) < 4.78 is 7.19. The molecule has 0 aliphatic rings. The smallest absolute Gasteiger partial charge is 0.265 e. The minimum absolute atomic E-state index is 0.203. The van der Waals surface area contributed by atoms with Crippen molar-refractivity contribution in [3.05, 3.63) is 66.1 Å². The number of aromatic nitrogens is 3. The molecule has 24 heavy (non-hydrogen) atoms. The van der Waals surface area contributed by atoms with Crippen LogP contribution in [0.25, 0.3) is 5.69 Å². The third-order valence-corrected chi connectivity index (χ3v) is 3.51. The van der Waals surface area contributed by atoms with Gasteiger partial charge in [0.25, 0.3) is 11.8 Å². The quantitative estimate of drug-likeness (QED) is 0.772. The van der Waals surface area contributed by atoms with E-state index < -0.39 is 6.10 Å². The van der Waals surface area contributed by atoms with E-state index in [9.17, 15) is 4.79 Å². The van der Waals surface area contributed by atoms with Crippen LogP contribution in [0.5, 0.6) is 5.88 Å². The van der Waals surface area contributed by atoms with Gasteiger partial charge in [-0.2, -0.15) is 0 Å². The topological polar surface area (TPSA) is 69.0 Å². The Morgan fingerprint density at radius 1 is 1.25 bits per heavy atom. The predicted molar refractivity (Wildman–Crippen MR) is 91.5 cm³/mol. The van der Waals surface area contributed by atoms with E-state index in [-0.39, 0.29) is 11.8 Å². The van der Waals surface area contributed by atoms with Gasteiger partial charge in [-0.1, -0.05) is 29.8 Å². The number of nitrogens with zero attached hydrogens (tertiary/aromatic N) is 3. The fraction of sp³-hybridized carbons (Fsp3) is 0.118. The average Bonchev–Trinajstić information content (AvgIpc) is 2.97. The van der Waals surface area contributed by atoms with Crippen molar-refractivity contribution in [2.75, 3.05) is 5.32 Å². The minimum Gasteiger partial charge on any atom is -0.462 e. The Kier molecular flexibility index (Phi) is 4.77. The summed E-state index contributed by atoms with van der Waals surface area (Å²) in [6.07, 6.45) is 4.06. The van der Waals surface area contributed by atoms with Gasteiger partial charge < -0.3 is 10.1 Å². The van der Waals surface area contributed by atoms with Gasteiger partial charge in [-0.15, -0.1) is 5.10 Å². The zero-order valence-corrected chi connectivity index (χ0v) is 13.6. The van der Waals surface area contributed by atoms with Crippen molar-refractivity contribution in [2.45, 2.75) is 13.0 Å². The minimum atomic E-state index is -0.762. The van der Waals surface area contributed by atoms with Gasteiger partial charge in [0.05, 0.1) is 23.8 Å². The number of benzene rings is 1. The van der Waals surface area contributed by atoms with Crippen molar-refractivity contribution in [3.63, 3.8) is 0 Å². The summed E-state index contributed by atoms with van der Waals surface area (Å²) >= 11 is 6.15. The molecule has 2 heterocycles. The molecule has 1 aromatic carbocycles. The molecule has 0 bridgehead atoms. The standard InChI is InChI=1S/C17H15ClN4O2/c1-12(16(23)20-13-6-5-9-19-10-13)24-17-15(18)11-22(21-17)14-7-3-2-4-8-14/h2-12H,1H3,(H,20,23)/t12-/m1/s1. The van der Waals surface area contributed by atoms with Crippen LogP contribution in [0.2, 0.25) is 5.02 Å². The summed E-state index contributed by atoms with van der Waals surface area (Å²) in [6, 6.07) is 13.0. The monoisotopic (exact) mass is 342 g/mol. The van der Waals surface area contributed by atoms with Crippen LogP contribution in [0.3, 0.4) is 0 Å². The van der Waals surface area contributed by atoms with E-state index in [2.05, 4.69) is 15.4 Å². The number of carbonyl (C=O) groups excluding carboxylic acids is 1. The SMILES string of the molecule is C[C@@H](Oc1nn(-c2ccccc2)cc1Cl)C(=O)Nc1cccnc1. The zero-order chi connectivity index (χ0) is 16.9. The van der Waals surface area contributed by atoms with E-state index in [0.29, 0.717) is 10.7 Å². The van der Waals surface area contributed by atoms with Crippen LogP contribution in [-0.2, 0) is 4.79 Å². The summed E-state index contributed by atoms with van der Waals surface area (Å²) in [4.78, 5) is 16.1. The molecule has 0 radical (unpaired) electrons. The Bertz CT molecular complexity index is 821. The van der Waals surface area contributed by atoms with Crippen molar-refractivity contribution >= 4 is 23.2 Å². The van der Waals surface area contributed by atoms with Crippen molar-refractivity contribution in [3.8, 4) is 11.6 Å². The lowest BCUT2D eigenvalue weighted by Crippen LogP contribution is -2.30. The molecule has 3 rings (SSSR count). The Morgan fingerprint density at radius 2 is 2.04 bits per heavy atom. The van der Waals surface area contributed by atoms with Crippen LogP contribution in [-0.4, -0.2) is 26.8 Å². The molecule has 1 amide bonds. The number of anilines is 1. The molecular weight excluding hydrogens is 328 g/mol. The second-order valence-electron chi connectivity index (χ2n) is 5.05. The predicted octanol–water partition coefficient (Wildman–Crippen LogP) is 3.33. The molecule has 0 fully saturated rings. The third-order valence-electron chi connectivity index (χ3n) is 3.25. The molecular formula is C17H15ClN4O2. The number of amides is 1. The first-order valence-corrected chi connectivity index (χ1v) is 7.69. The first kappa shape index (κ1) is 16.0. The molecule has 1 N–H and O–H groups in total. The van der Waals surface area contributed by atoms with Crippen molar-refractivity contribution in [1.29, 1.82) is 0 Å². The van der Waals surface area contributed by atoms with Crippen molar-refractivity contribution in [1.82, 2.24) is 14.8 Å². The maximum Gasteiger partial charge on any atom is 0.265 e. The molecule has 0 spiro atoms. The van der Waals surface area contributed by atoms with Crippen LogP contribution < -0.4 is 10.1 Å². The second-order valence-corrected chi connectivity index (χ2v) is 5.46. The lowest BCUT2D eigenvalue weighted by Gasteiger charge is -2.13. The van der Waals surface area contributed by atoms with E-state index >= 15 is 0 Å². The number of pyridine rings is 1. The van der Waals surface area contributed by atoms with E-state index in [1.807, 2.05) is 30.3 Å². The van der Waals surface area contributed by atoms with Gasteiger partial charge in [0, 0.05) is 6.20 Å². The van der Waals surface area contributed by atoms with Gasteiger partial charge in [-0.25, -0.2) is 4.68 Å². The highest BCUT2D eigenvalue weighted by Crippen LogP contribution is 2.25. The molecule has 2 aromatic heterocycles. The number of nitrogens with one attached hydrogen (secondary N) is 1. The fourth-order valence-electron chi connectivity index (χ4n) is 2.03. The number of halogens is 1. The zero-order valence-electron chi connectivity index (χ0n) is 12.9. The van der Waals surface area contributed by atoms with Crippen LogP contribution >= 0.6 is 11.6 Å². The van der Waals surface area contributed by atoms with Gasteiger partial charge >= 0.3 is 0 Å². The van der Waals surface area contributed by atoms with Crippen molar-refractivity contribution < 1.29 is 9.53 Å². The molecule has 0 saturated heterocycles. The highest BCUT2D eigenvalue weighted by molar-refractivity contribution is 6.31. The van der Waals surface area contributed by atoms with Gasteiger partial charge in [0.1, 0.15) is 5.02 Å². The summed E-state index contributed by atoms with van der Waals surface area (Å²) in [6.45, 7) is 1.63. The van der Waals surface area contributed by atoms with E-state index in [0.717, 1.165) is 5.69 Å². The molecule has 6 nitrogen and oxygen atoms in total. The van der Waals surface area contributed by atoms with E-state index in [1.165, 1.54) is 0 Å². The Balaban J connectivity index is 1.69. The normalized spacial score (nSPS) is 11.8. The first-order valence-electron chi connectivity index (χ1n) is 7.31. The Hall–Kier alpha value is -2.86. The molecule has 0 saturated carbocycles. The second kappa shape index (κ2) is 7.14. The summed E-state index contributed by atoms with van der Waals surface area (Å²) in [5.41, 5.74) is 1.44. The lowest BCUT2D eigenvalue weighted by molar-refractivity contribution is -0.122. The fourth-order valence-corrected chi connectivity index (χ4v) is 2.21. The van der Waals surface area contributed by atoms with Crippen molar-refractivity contribution in [2.24, 2.45) is 0 Å². The van der Waals surface area contributed by atoms with E-state index in [4.69, 9.17) is 16.3 Å². The molecule has 1 atom stereocenters. The highest BCUT2D eigenvalue weighted by atomic mass is 35.5. The number of rotatable bonds is 5. The largest absolute Gasteiger partial charge is 0.462 e.